The van der Waals surface area contributed by atoms with Crippen LogP contribution in [0.2, 0.25) is 0 Å². The van der Waals surface area contributed by atoms with E-state index in [-0.39, 0.29) is 17.5 Å². The second-order valence-corrected chi connectivity index (χ2v) is 7.25. The van der Waals surface area contributed by atoms with Gasteiger partial charge in [0, 0.05) is 13.6 Å². The number of hydrogen-bond acceptors (Lipinski definition) is 6. The SMILES string of the molecule is CCCCN(C(=O)NC)C(=O)C1(c2ccc(OC)c(N=S(=O)=O)c2)CC1C. The molecule has 9 heteroatoms. The van der Waals surface area contributed by atoms with Gasteiger partial charge in [-0.3, -0.25) is 9.69 Å². The number of carbonyl (C=O) groups excluding carboxylic acids is 2. The van der Waals surface area contributed by atoms with Gasteiger partial charge in [0.15, 0.2) is 0 Å². The molecular formula is C18H25N3O5S. The highest BCUT2D eigenvalue weighted by Gasteiger charge is 2.60. The minimum absolute atomic E-state index is 0.0257. The Morgan fingerprint density at radius 3 is 2.56 bits per heavy atom. The molecule has 1 aromatic rings. The predicted octanol–water partition coefficient (Wildman–Crippen LogP) is 2.64. The van der Waals surface area contributed by atoms with E-state index in [4.69, 9.17) is 4.74 Å². The van der Waals surface area contributed by atoms with Gasteiger partial charge in [-0.2, -0.15) is 8.42 Å². The van der Waals surface area contributed by atoms with E-state index in [0.29, 0.717) is 30.7 Å². The normalized spacial score (nSPS) is 20.5. The zero-order valence-corrected chi connectivity index (χ0v) is 16.8. The number of nitrogens with zero attached hydrogens (tertiary/aromatic N) is 2. The van der Waals surface area contributed by atoms with Gasteiger partial charge in [0.1, 0.15) is 11.4 Å². The molecule has 27 heavy (non-hydrogen) atoms. The summed E-state index contributed by atoms with van der Waals surface area (Å²) in [4.78, 5) is 26.8. The highest BCUT2D eigenvalue weighted by molar-refractivity contribution is 7.61. The van der Waals surface area contributed by atoms with Crippen molar-refractivity contribution in [3.63, 3.8) is 0 Å². The highest BCUT2D eigenvalue weighted by atomic mass is 32.2. The van der Waals surface area contributed by atoms with E-state index in [0.717, 1.165) is 6.42 Å². The molecule has 0 aliphatic heterocycles. The van der Waals surface area contributed by atoms with Gasteiger partial charge in [-0.05, 0) is 36.5 Å². The van der Waals surface area contributed by atoms with Crippen LogP contribution in [-0.4, -0.2) is 46.0 Å². The van der Waals surface area contributed by atoms with Gasteiger partial charge in [0.25, 0.3) is 0 Å². The van der Waals surface area contributed by atoms with Crippen LogP contribution in [0, 0.1) is 5.92 Å². The average Bonchev–Trinajstić information content (AvgIpc) is 3.33. The molecule has 0 spiro atoms. The molecule has 2 rings (SSSR count). The van der Waals surface area contributed by atoms with Gasteiger partial charge in [0.2, 0.25) is 5.91 Å². The Bertz CT molecular complexity index is 860. The van der Waals surface area contributed by atoms with Gasteiger partial charge in [-0.15, -0.1) is 4.36 Å². The largest absolute Gasteiger partial charge is 0.494 e. The highest BCUT2D eigenvalue weighted by Crippen LogP contribution is 2.56. The maximum Gasteiger partial charge on any atom is 0.323 e. The molecule has 0 bridgehead atoms. The molecule has 1 aromatic carbocycles. The monoisotopic (exact) mass is 395 g/mol. The summed E-state index contributed by atoms with van der Waals surface area (Å²) >= 11 is 0. The third-order valence-electron chi connectivity index (χ3n) is 5.00. The van der Waals surface area contributed by atoms with Crippen LogP contribution in [0.1, 0.15) is 38.7 Å². The second-order valence-electron chi connectivity index (χ2n) is 6.64. The molecule has 0 heterocycles. The lowest BCUT2D eigenvalue weighted by Gasteiger charge is -2.26. The maximum absolute atomic E-state index is 13.3. The third kappa shape index (κ3) is 4.13. The van der Waals surface area contributed by atoms with E-state index in [1.54, 1.807) is 18.2 Å². The summed E-state index contributed by atoms with van der Waals surface area (Å²) in [5, 5.41) is 2.52. The second kappa shape index (κ2) is 8.51. The topological polar surface area (TPSA) is 105 Å². The standard InChI is InChI=1S/C18H25N3O5S/c1-5-6-9-21(17(23)19-3)16(22)18(11-12(18)2)13-7-8-15(26-4)14(10-13)20-27(24)25/h7-8,10,12H,5-6,9,11H2,1-4H3,(H,19,23). The fraction of sp³-hybridized carbons (Fsp3) is 0.556. The first-order chi connectivity index (χ1) is 12.8. The number of nitrogens with one attached hydrogen (secondary N) is 1. The fourth-order valence-electron chi connectivity index (χ4n) is 3.35. The molecule has 1 aliphatic rings. The molecule has 1 saturated carbocycles. The fourth-order valence-corrected chi connectivity index (χ4v) is 3.66. The van der Waals surface area contributed by atoms with E-state index in [9.17, 15) is 18.0 Å². The van der Waals surface area contributed by atoms with Crippen LogP contribution < -0.4 is 10.1 Å². The molecule has 148 valence electrons. The van der Waals surface area contributed by atoms with Crippen molar-refractivity contribution in [2.75, 3.05) is 20.7 Å². The Balaban J connectivity index is 2.49. The van der Waals surface area contributed by atoms with E-state index in [2.05, 4.69) is 9.68 Å². The third-order valence-corrected chi connectivity index (χ3v) is 5.34. The smallest absolute Gasteiger partial charge is 0.323 e. The molecule has 1 N–H and O–H groups in total. The molecule has 8 nitrogen and oxygen atoms in total. The van der Waals surface area contributed by atoms with Crippen LogP contribution in [0.3, 0.4) is 0 Å². The van der Waals surface area contributed by atoms with Crippen molar-refractivity contribution in [3.05, 3.63) is 23.8 Å². The quantitative estimate of drug-likeness (QED) is 0.764. The predicted molar refractivity (Wildman–Crippen MR) is 101 cm³/mol. The number of unbranched alkanes of at least 4 members (excludes halogenated alkanes) is 1. The molecule has 1 aliphatic carbocycles. The summed E-state index contributed by atoms with van der Waals surface area (Å²) < 4.78 is 30.7. The molecular weight excluding hydrogens is 370 g/mol. The first-order valence-corrected chi connectivity index (χ1v) is 9.88. The number of amides is 3. The molecule has 2 atom stereocenters. The van der Waals surface area contributed by atoms with Crippen LogP contribution in [-0.2, 0) is 20.7 Å². The summed E-state index contributed by atoms with van der Waals surface area (Å²) in [5.41, 5.74) is -0.0914. The zero-order valence-electron chi connectivity index (χ0n) is 16.0. The number of urea groups is 1. The van der Waals surface area contributed by atoms with Crippen LogP contribution in [0.4, 0.5) is 10.5 Å². The number of imide groups is 1. The van der Waals surface area contributed by atoms with Gasteiger partial charge in [-0.1, -0.05) is 26.3 Å². The van der Waals surface area contributed by atoms with Crippen molar-refractivity contribution in [1.29, 1.82) is 0 Å². The van der Waals surface area contributed by atoms with Crippen LogP contribution in [0.5, 0.6) is 5.75 Å². The molecule has 1 fully saturated rings. The zero-order chi connectivity index (χ0) is 20.2. The Hall–Kier alpha value is -2.42. The lowest BCUT2D eigenvalue weighted by molar-refractivity contribution is -0.131. The minimum atomic E-state index is -2.65. The number of benzene rings is 1. The van der Waals surface area contributed by atoms with Crippen molar-refractivity contribution in [1.82, 2.24) is 10.2 Å². The van der Waals surface area contributed by atoms with Crippen molar-refractivity contribution < 1.29 is 22.7 Å². The Morgan fingerprint density at radius 1 is 1.41 bits per heavy atom. The molecule has 3 amide bonds. The molecule has 0 saturated heterocycles. The van der Waals surface area contributed by atoms with Crippen molar-refractivity contribution in [2.45, 2.75) is 38.5 Å². The summed E-state index contributed by atoms with van der Waals surface area (Å²) in [5.74, 6) is 0.0490. The van der Waals surface area contributed by atoms with Crippen molar-refractivity contribution in [2.24, 2.45) is 10.3 Å². The number of ether oxygens (including phenoxy) is 1. The van der Waals surface area contributed by atoms with Crippen molar-refractivity contribution in [3.8, 4) is 5.75 Å². The van der Waals surface area contributed by atoms with Gasteiger partial charge < -0.3 is 10.1 Å². The summed E-state index contributed by atoms with van der Waals surface area (Å²) in [6, 6.07) is 4.44. The average molecular weight is 395 g/mol. The number of hydrogen-bond donors (Lipinski definition) is 1. The maximum atomic E-state index is 13.3. The van der Waals surface area contributed by atoms with Crippen LogP contribution >= 0.6 is 0 Å². The number of methoxy groups -OCH3 is 1. The van der Waals surface area contributed by atoms with Crippen LogP contribution in [0.25, 0.3) is 0 Å². The van der Waals surface area contributed by atoms with Gasteiger partial charge >= 0.3 is 16.5 Å². The van der Waals surface area contributed by atoms with Crippen molar-refractivity contribution >= 4 is 28.1 Å². The molecule has 0 aromatic heterocycles. The number of carbonyl (C=O) groups is 2. The Labute approximate surface area is 160 Å². The van der Waals surface area contributed by atoms with Gasteiger partial charge in [0.05, 0.1) is 12.5 Å². The van der Waals surface area contributed by atoms with Gasteiger partial charge in [-0.25, -0.2) is 4.79 Å². The van der Waals surface area contributed by atoms with E-state index in [1.807, 2.05) is 13.8 Å². The summed E-state index contributed by atoms with van der Waals surface area (Å²) in [6.07, 6.45) is 2.14. The first-order valence-electron chi connectivity index (χ1n) is 8.85. The molecule has 2 unspecified atom stereocenters. The van der Waals surface area contributed by atoms with Crippen LogP contribution in [0.15, 0.2) is 22.6 Å². The summed E-state index contributed by atoms with van der Waals surface area (Å²) in [7, 11) is 0.260. The van der Waals surface area contributed by atoms with E-state index < -0.39 is 21.9 Å². The summed E-state index contributed by atoms with van der Waals surface area (Å²) in [6.45, 7) is 4.26. The van der Waals surface area contributed by atoms with E-state index in [1.165, 1.54) is 19.1 Å². The lowest BCUT2D eigenvalue weighted by atomic mass is 9.91. The Kier molecular flexibility index (Phi) is 6.59. The molecule has 0 radical (unpaired) electrons. The first kappa shape index (κ1) is 20.9. The Morgan fingerprint density at radius 2 is 2.07 bits per heavy atom. The minimum Gasteiger partial charge on any atom is -0.494 e. The van der Waals surface area contributed by atoms with E-state index >= 15 is 0 Å². The number of rotatable bonds is 7. The lowest BCUT2D eigenvalue weighted by Crippen LogP contribution is -2.48.